The fourth-order valence-electron chi connectivity index (χ4n) is 3.85. The summed E-state index contributed by atoms with van der Waals surface area (Å²) in [6.07, 6.45) is 2.96. The third-order valence-corrected chi connectivity index (χ3v) is 8.52. The van der Waals surface area contributed by atoms with Gasteiger partial charge in [-0.2, -0.15) is 0 Å². The predicted octanol–water partition coefficient (Wildman–Crippen LogP) is 4.36. The maximum absolute atomic E-state index is 13.6. The first-order valence-electron chi connectivity index (χ1n) is 12.2. The largest absolute Gasteiger partial charge is 0.477 e. The molecule has 1 aliphatic carbocycles. The Balaban J connectivity index is 1.59. The van der Waals surface area contributed by atoms with Gasteiger partial charge >= 0.3 is 6.09 Å². The summed E-state index contributed by atoms with van der Waals surface area (Å²) >= 11 is 0.993. The molecular weight excluding hydrogens is 544 g/mol. The molecule has 1 fully saturated rings. The number of rotatable bonds is 10. The second kappa shape index (κ2) is 11.1. The number of ether oxygens (including phenoxy) is 1. The molecule has 208 valence electrons. The lowest BCUT2D eigenvalue weighted by atomic mass is 10.0. The number of aromatic nitrogens is 3. The molecule has 0 aliphatic heterocycles. The lowest BCUT2D eigenvalue weighted by molar-refractivity contribution is -0.122. The van der Waals surface area contributed by atoms with Crippen molar-refractivity contribution in [3.05, 3.63) is 47.7 Å². The lowest BCUT2D eigenvalue weighted by Gasteiger charge is -2.38. The van der Waals surface area contributed by atoms with Gasteiger partial charge in [0.15, 0.2) is 11.2 Å². The molecule has 14 heteroatoms. The average Bonchev–Trinajstić information content (AvgIpc) is 3.63. The molecule has 39 heavy (non-hydrogen) atoms. The zero-order chi connectivity index (χ0) is 28.4. The van der Waals surface area contributed by atoms with Crippen LogP contribution in [0.5, 0.6) is 5.88 Å². The number of nitrogens with zero attached hydrogens (tertiary/aromatic N) is 4. The van der Waals surface area contributed by atoms with Crippen LogP contribution in [-0.2, 0) is 14.8 Å². The van der Waals surface area contributed by atoms with E-state index in [1.807, 2.05) is 6.92 Å². The standard InChI is InChI=1S/C25H30N6O6S2/c1-5-37-20-13-26-12-18(28-20)15-6-8-16(9-7-15)27-22(32)21(31(24(33)34)25(2,3)4)19-14-38-23(29-19)30-39(35,36)17-10-11-17/h6-9,12-14,17,21H,5,10-11H2,1-4H3,(H,27,32)(H,29,30)(H,33,34). The van der Waals surface area contributed by atoms with Crippen LogP contribution in [0.2, 0.25) is 0 Å². The first-order chi connectivity index (χ1) is 18.4. The topological polar surface area (TPSA) is 164 Å². The SMILES string of the molecule is CCOc1cncc(-c2ccc(NC(=O)C(c3csc(NS(=O)(=O)C4CC4)n3)N(C(=O)O)C(C)(C)C)cc2)n1. The molecule has 3 N–H and O–H groups in total. The highest BCUT2D eigenvalue weighted by atomic mass is 32.2. The van der Waals surface area contributed by atoms with Crippen LogP contribution in [0, 0.1) is 0 Å². The molecule has 4 rings (SSSR count). The number of benzene rings is 1. The number of thiazole rings is 1. The van der Waals surface area contributed by atoms with Crippen molar-refractivity contribution >= 4 is 44.2 Å². The molecule has 0 bridgehead atoms. The van der Waals surface area contributed by atoms with Crippen LogP contribution >= 0.6 is 11.3 Å². The van der Waals surface area contributed by atoms with Crippen molar-refractivity contribution in [1.29, 1.82) is 0 Å². The van der Waals surface area contributed by atoms with E-state index in [1.165, 1.54) is 11.6 Å². The van der Waals surface area contributed by atoms with Gasteiger partial charge in [-0.05, 0) is 52.7 Å². The van der Waals surface area contributed by atoms with Crippen LogP contribution in [0.3, 0.4) is 0 Å². The first-order valence-corrected chi connectivity index (χ1v) is 14.7. The Hall–Kier alpha value is -3.78. The fourth-order valence-corrected chi connectivity index (χ4v) is 6.18. The zero-order valence-corrected chi connectivity index (χ0v) is 23.5. The molecular formula is C25H30N6O6S2. The summed E-state index contributed by atoms with van der Waals surface area (Å²) in [5.74, 6) is -0.242. The van der Waals surface area contributed by atoms with Gasteiger partial charge in [0.25, 0.3) is 5.91 Å². The Morgan fingerprint density at radius 2 is 1.87 bits per heavy atom. The summed E-state index contributed by atoms with van der Waals surface area (Å²) in [7, 11) is -3.57. The van der Waals surface area contributed by atoms with E-state index in [1.54, 1.807) is 51.2 Å². The van der Waals surface area contributed by atoms with Gasteiger partial charge in [-0.15, -0.1) is 11.3 Å². The maximum atomic E-state index is 13.6. The molecule has 2 amide bonds. The summed E-state index contributed by atoms with van der Waals surface area (Å²) in [6.45, 7) is 7.30. The van der Waals surface area contributed by atoms with E-state index in [-0.39, 0.29) is 10.8 Å². The lowest BCUT2D eigenvalue weighted by Crippen LogP contribution is -2.50. The van der Waals surface area contributed by atoms with Crippen LogP contribution in [0.4, 0.5) is 15.6 Å². The third kappa shape index (κ3) is 6.81. The molecule has 0 spiro atoms. The Morgan fingerprint density at radius 1 is 1.18 bits per heavy atom. The highest BCUT2D eigenvalue weighted by molar-refractivity contribution is 7.93. The molecule has 2 aromatic heterocycles. The van der Waals surface area contributed by atoms with Crippen molar-refractivity contribution in [3.8, 4) is 17.1 Å². The summed E-state index contributed by atoms with van der Waals surface area (Å²) in [4.78, 5) is 39.7. The van der Waals surface area contributed by atoms with Crippen LogP contribution < -0.4 is 14.8 Å². The molecule has 1 unspecified atom stereocenters. The van der Waals surface area contributed by atoms with Crippen LogP contribution in [-0.4, -0.2) is 62.8 Å². The van der Waals surface area contributed by atoms with E-state index in [2.05, 4.69) is 25.0 Å². The highest BCUT2D eigenvalue weighted by Gasteiger charge is 2.41. The molecule has 0 radical (unpaired) electrons. The van der Waals surface area contributed by atoms with Gasteiger partial charge in [0.1, 0.15) is 0 Å². The van der Waals surface area contributed by atoms with Crippen LogP contribution in [0.25, 0.3) is 11.3 Å². The van der Waals surface area contributed by atoms with E-state index in [0.717, 1.165) is 21.8 Å². The Bertz CT molecular complexity index is 1450. The molecule has 1 aromatic carbocycles. The number of carbonyl (C=O) groups is 2. The van der Waals surface area contributed by atoms with Crippen molar-refractivity contribution in [2.75, 3.05) is 16.6 Å². The first kappa shape index (κ1) is 28.2. The molecule has 1 aliphatic rings. The van der Waals surface area contributed by atoms with Gasteiger partial charge in [0, 0.05) is 22.2 Å². The normalized spacial score (nSPS) is 14.4. The van der Waals surface area contributed by atoms with Gasteiger partial charge in [-0.3, -0.25) is 19.4 Å². The van der Waals surface area contributed by atoms with E-state index in [9.17, 15) is 23.1 Å². The van der Waals surface area contributed by atoms with Gasteiger partial charge in [0.05, 0.1) is 35.6 Å². The van der Waals surface area contributed by atoms with E-state index in [0.29, 0.717) is 36.7 Å². The number of hydrogen-bond acceptors (Lipinski definition) is 9. The average molecular weight is 575 g/mol. The summed E-state index contributed by atoms with van der Waals surface area (Å²) in [6, 6.07) is 5.48. The number of amides is 2. The third-order valence-electron chi connectivity index (χ3n) is 5.78. The van der Waals surface area contributed by atoms with Gasteiger partial charge in [0.2, 0.25) is 15.9 Å². The van der Waals surface area contributed by atoms with Crippen LogP contribution in [0.1, 0.15) is 52.3 Å². The van der Waals surface area contributed by atoms with Crippen molar-refractivity contribution in [2.24, 2.45) is 0 Å². The smallest absolute Gasteiger partial charge is 0.408 e. The van der Waals surface area contributed by atoms with Crippen LogP contribution in [0.15, 0.2) is 42.0 Å². The summed E-state index contributed by atoms with van der Waals surface area (Å²) in [5, 5.41) is 13.9. The number of carboxylic acid groups (broad SMARTS) is 1. The minimum absolute atomic E-state index is 0.0775. The zero-order valence-electron chi connectivity index (χ0n) is 21.9. The van der Waals surface area contributed by atoms with Crippen molar-refractivity contribution in [1.82, 2.24) is 19.9 Å². The maximum Gasteiger partial charge on any atom is 0.408 e. The number of carbonyl (C=O) groups excluding carboxylic acids is 1. The minimum Gasteiger partial charge on any atom is -0.477 e. The quantitative estimate of drug-likeness (QED) is 0.319. The van der Waals surface area contributed by atoms with E-state index in [4.69, 9.17) is 4.74 Å². The fraction of sp³-hybridized carbons (Fsp3) is 0.400. The number of sulfonamides is 1. The summed E-state index contributed by atoms with van der Waals surface area (Å²) < 4.78 is 32.6. The minimum atomic E-state index is -3.57. The second-order valence-electron chi connectivity index (χ2n) is 9.89. The monoisotopic (exact) mass is 574 g/mol. The Kier molecular flexibility index (Phi) is 8.07. The molecule has 1 saturated carbocycles. The Labute approximate surface area is 230 Å². The molecule has 2 heterocycles. The number of hydrogen-bond donors (Lipinski definition) is 3. The second-order valence-corrected chi connectivity index (χ2v) is 12.7. The van der Waals surface area contributed by atoms with Crippen molar-refractivity contribution < 1.29 is 27.9 Å². The predicted molar refractivity (Wildman–Crippen MR) is 147 cm³/mol. The van der Waals surface area contributed by atoms with E-state index < -0.39 is 38.9 Å². The molecule has 3 aromatic rings. The molecule has 0 saturated heterocycles. The van der Waals surface area contributed by atoms with Gasteiger partial charge < -0.3 is 15.2 Å². The Morgan fingerprint density at radius 3 is 2.46 bits per heavy atom. The highest BCUT2D eigenvalue weighted by Crippen LogP contribution is 2.34. The van der Waals surface area contributed by atoms with Crippen molar-refractivity contribution in [2.45, 2.75) is 57.4 Å². The number of anilines is 2. The van der Waals surface area contributed by atoms with Gasteiger partial charge in [-0.25, -0.2) is 23.2 Å². The van der Waals surface area contributed by atoms with Gasteiger partial charge in [-0.1, -0.05) is 12.1 Å². The van der Waals surface area contributed by atoms with E-state index >= 15 is 0 Å². The molecule has 1 atom stereocenters. The summed E-state index contributed by atoms with van der Waals surface area (Å²) in [5.41, 5.74) is 0.895. The molecule has 12 nitrogen and oxygen atoms in total. The van der Waals surface area contributed by atoms with Crippen molar-refractivity contribution in [3.63, 3.8) is 0 Å². The number of nitrogens with one attached hydrogen (secondary N) is 2.